The molecule has 7 heteroatoms. The molecule has 0 aliphatic carbocycles. The average Bonchev–Trinajstić information content (AvgIpc) is 2.68. The third-order valence-corrected chi connectivity index (χ3v) is 5.71. The highest BCUT2D eigenvalue weighted by molar-refractivity contribution is 9.10. The van der Waals surface area contributed by atoms with Gasteiger partial charge in [-0.3, -0.25) is 9.59 Å². The Hall–Kier alpha value is -1.86. The molecule has 0 aliphatic heterocycles. The molecule has 0 saturated heterocycles. The number of hydrogen-bond acceptors (Lipinski definition) is 3. The summed E-state index contributed by atoms with van der Waals surface area (Å²) in [5, 5.41) is 2.76. The summed E-state index contributed by atoms with van der Waals surface area (Å²) >= 11 is 4.91. The number of benzene rings is 2. The van der Waals surface area contributed by atoms with Gasteiger partial charge in [0, 0.05) is 23.3 Å². The predicted molar refractivity (Wildman–Crippen MR) is 115 cm³/mol. The molecule has 0 fully saturated rings. The second-order valence-corrected chi connectivity index (χ2v) is 8.24. The van der Waals surface area contributed by atoms with E-state index in [2.05, 4.69) is 21.2 Å². The van der Waals surface area contributed by atoms with Crippen molar-refractivity contribution in [1.29, 1.82) is 0 Å². The third kappa shape index (κ3) is 6.95. The molecule has 0 saturated carbocycles. The van der Waals surface area contributed by atoms with Crippen molar-refractivity contribution in [1.82, 2.24) is 10.2 Å². The first-order chi connectivity index (χ1) is 13.4. The lowest BCUT2D eigenvalue weighted by Crippen LogP contribution is -2.48. The Morgan fingerprint density at radius 2 is 1.71 bits per heavy atom. The number of halogens is 2. The zero-order valence-corrected chi connectivity index (χ0v) is 18.4. The van der Waals surface area contributed by atoms with Crippen LogP contribution >= 0.6 is 27.7 Å². The van der Waals surface area contributed by atoms with E-state index in [1.54, 1.807) is 24.0 Å². The minimum atomic E-state index is -0.606. The minimum Gasteiger partial charge on any atom is -0.355 e. The van der Waals surface area contributed by atoms with Crippen molar-refractivity contribution in [2.75, 3.05) is 12.3 Å². The lowest BCUT2D eigenvalue weighted by molar-refractivity contribution is -0.138. The molecule has 2 aromatic rings. The van der Waals surface area contributed by atoms with Crippen molar-refractivity contribution >= 4 is 39.5 Å². The number of carbonyl (C=O) groups is 2. The third-order valence-electron chi connectivity index (χ3n) is 4.19. The summed E-state index contributed by atoms with van der Waals surface area (Å²) < 4.78 is 14.2. The quantitative estimate of drug-likeness (QED) is 0.596. The lowest BCUT2D eigenvalue weighted by atomic mass is 10.1. The summed E-state index contributed by atoms with van der Waals surface area (Å²) in [6.07, 6.45) is 0. The Balaban J connectivity index is 2.03. The molecule has 1 atom stereocenters. The molecule has 4 nitrogen and oxygen atoms in total. The molecule has 2 aromatic carbocycles. The summed E-state index contributed by atoms with van der Waals surface area (Å²) in [6.45, 7) is 4.31. The standard InChI is InChI=1S/C21H24BrFN2O2S/c1-3-24-21(27)15(2)25(12-16-6-10-19(23)11-7-16)20(26)14-28-13-17-4-8-18(22)9-5-17/h4-11,15H,3,12-14H2,1-2H3,(H,24,27). The van der Waals surface area contributed by atoms with Gasteiger partial charge in [0.05, 0.1) is 5.75 Å². The number of rotatable bonds is 9. The van der Waals surface area contributed by atoms with Crippen molar-refractivity contribution in [3.05, 3.63) is 69.9 Å². The van der Waals surface area contributed by atoms with Crippen LogP contribution in [0.3, 0.4) is 0 Å². The fraction of sp³-hybridized carbons (Fsp3) is 0.333. The number of likely N-dealkylation sites (N-methyl/N-ethyl adjacent to an activating group) is 1. The van der Waals surface area contributed by atoms with Crippen molar-refractivity contribution in [3.8, 4) is 0 Å². The van der Waals surface area contributed by atoms with Gasteiger partial charge in [-0.05, 0) is 49.2 Å². The maximum absolute atomic E-state index is 13.2. The van der Waals surface area contributed by atoms with Gasteiger partial charge in [-0.2, -0.15) is 0 Å². The first-order valence-corrected chi connectivity index (χ1v) is 11.0. The van der Waals surface area contributed by atoms with Gasteiger partial charge in [0.15, 0.2) is 0 Å². The van der Waals surface area contributed by atoms with E-state index in [9.17, 15) is 14.0 Å². The van der Waals surface area contributed by atoms with Crippen LogP contribution in [0.5, 0.6) is 0 Å². The zero-order valence-electron chi connectivity index (χ0n) is 16.0. The van der Waals surface area contributed by atoms with Crippen LogP contribution in [0.25, 0.3) is 0 Å². The fourth-order valence-corrected chi connectivity index (χ4v) is 3.75. The number of thioether (sulfide) groups is 1. The van der Waals surface area contributed by atoms with Gasteiger partial charge in [0.1, 0.15) is 11.9 Å². The van der Waals surface area contributed by atoms with Crippen LogP contribution in [0.1, 0.15) is 25.0 Å². The number of carbonyl (C=O) groups excluding carboxylic acids is 2. The lowest BCUT2D eigenvalue weighted by Gasteiger charge is -2.28. The van der Waals surface area contributed by atoms with Crippen LogP contribution < -0.4 is 5.32 Å². The van der Waals surface area contributed by atoms with Gasteiger partial charge in [-0.1, -0.05) is 40.2 Å². The maximum Gasteiger partial charge on any atom is 0.242 e. The molecule has 150 valence electrons. The van der Waals surface area contributed by atoms with Crippen molar-refractivity contribution in [3.63, 3.8) is 0 Å². The monoisotopic (exact) mass is 466 g/mol. The number of hydrogen-bond donors (Lipinski definition) is 1. The minimum absolute atomic E-state index is 0.120. The largest absolute Gasteiger partial charge is 0.355 e. The summed E-state index contributed by atoms with van der Waals surface area (Å²) in [6, 6.07) is 13.3. The Bertz CT molecular complexity index is 784. The molecule has 28 heavy (non-hydrogen) atoms. The van der Waals surface area contributed by atoms with Crippen molar-refractivity contribution in [2.24, 2.45) is 0 Å². The predicted octanol–water partition coefficient (Wildman–Crippen LogP) is 4.37. The van der Waals surface area contributed by atoms with Crippen LogP contribution in [0.2, 0.25) is 0 Å². The van der Waals surface area contributed by atoms with Gasteiger partial charge in [0.25, 0.3) is 0 Å². The van der Waals surface area contributed by atoms with Crippen LogP contribution in [0.15, 0.2) is 53.0 Å². The van der Waals surface area contributed by atoms with E-state index >= 15 is 0 Å². The topological polar surface area (TPSA) is 49.4 Å². The van der Waals surface area contributed by atoms with Gasteiger partial charge < -0.3 is 10.2 Å². The molecular formula is C21H24BrFN2O2S. The van der Waals surface area contributed by atoms with E-state index in [1.807, 2.05) is 31.2 Å². The van der Waals surface area contributed by atoms with Gasteiger partial charge in [0.2, 0.25) is 11.8 Å². The van der Waals surface area contributed by atoms with Crippen LogP contribution in [-0.4, -0.2) is 35.1 Å². The molecule has 0 aliphatic rings. The Labute approximate surface area is 178 Å². The Morgan fingerprint density at radius 3 is 2.32 bits per heavy atom. The first kappa shape index (κ1) is 22.4. The highest BCUT2D eigenvalue weighted by Gasteiger charge is 2.25. The van der Waals surface area contributed by atoms with E-state index in [-0.39, 0.29) is 29.9 Å². The van der Waals surface area contributed by atoms with Crippen molar-refractivity contribution < 1.29 is 14.0 Å². The van der Waals surface area contributed by atoms with Gasteiger partial charge >= 0.3 is 0 Å². The van der Waals surface area contributed by atoms with Crippen LogP contribution in [-0.2, 0) is 21.9 Å². The average molecular weight is 467 g/mol. The molecule has 1 N–H and O–H groups in total. The first-order valence-electron chi connectivity index (χ1n) is 9.04. The molecule has 0 heterocycles. The second-order valence-electron chi connectivity index (χ2n) is 6.34. The van der Waals surface area contributed by atoms with E-state index in [0.717, 1.165) is 15.6 Å². The highest BCUT2D eigenvalue weighted by atomic mass is 79.9. The molecule has 0 bridgehead atoms. The summed E-state index contributed by atoms with van der Waals surface area (Å²) in [4.78, 5) is 26.7. The summed E-state index contributed by atoms with van der Waals surface area (Å²) in [5.41, 5.74) is 1.91. The van der Waals surface area contributed by atoms with Gasteiger partial charge in [-0.25, -0.2) is 4.39 Å². The fourth-order valence-electron chi connectivity index (χ4n) is 2.61. The SMILES string of the molecule is CCNC(=O)C(C)N(Cc1ccc(F)cc1)C(=O)CSCc1ccc(Br)cc1. The van der Waals surface area contributed by atoms with Crippen LogP contribution in [0, 0.1) is 5.82 Å². The Morgan fingerprint density at radius 1 is 1.11 bits per heavy atom. The Kier molecular flexibility index (Phi) is 8.99. The highest BCUT2D eigenvalue weighted by Crippen LogP contribution is 2.18. The number of nitrogens with one attached hydrogen (secondary N) is 1. The van der Waals surface area contributed by atoms with Gasteiger partial charge in [-0.15, -0.1) is 11.8 Å². The van der Waals surface area contributed by atoms with E-state index in [1.165, 1.54) is 23.9 Å². The van der Waals surface area contributed by atoms with E-state index in [4.69, 9.17) is 0 Å². The molecule has 2 amide bonds. The smallest absolute Gasteiger partial charge is 0.242 e. The van der Waals surface area contributed by atoms with Crippen molar-refractivity contribution in [2.45, 2.75) is 32.2 Å². The summed E-state index contributed by atoms with van der Waals surface area (Å²) in [7, 11) is 0. The van der Waals surface area contributed by atoms with E-state index < -0.39 is 6.04 Å². The summed E-state index contributed by atoms with van der Waals surface area (Å²) in [5.74, 6) is 0.324. The van der Waals surface area contributed by atoms with Crippen LogP contribution in [0.4, 0.5) is 4.39 Å². The number of amides is 2. The maximum atomic E-state index is 13.2. The molecule has 1 unspecified atom stereocenters. The zero-order chi connectivity index (χ0) is 20.5. The molecule has 0 radical (unpaired) electrons. The molecule has 0 aromatic heterocycles. The molecule has 2 rings (SSSR count). The number of nitrogens with zero attached hydrogens (tertiary/aromatic N) is 1. The molecular weight excluding hydrogens is 443 g/mol. The van der Waals surface area contributed by atoms with E-state index in [0.29, 0.717) is 12.3 Å². The second kappa shape index (κ2) is 11.2. The normalized spacial score (nSPS) is 11.7. The molecule has 0 spiro atoms.